The summed E-state index contributed by atoms with van der Waals surface area (Å²) in [4.78, 5) is 27.0. The van der Waals surface area contributed by atoms with Crippen LogP contribution < -0.4 is 10.2 Å². The van der Waals surface area contributed by atoms with Crippen molar-refractivity contribution in [2.75, 3.05) is 0 Å². The molecule has 0 bridgehead atoms. The SMILES string of the molecule is CC(=O)[O-].CC(=O)[O-].CCc1cc(C(C)CC)cc(C=Nc2ccc(N=Cc3cc(C(C)CC)cc(CC)c3O)cc2)c1O.[Co+2]. The largest absolute Gasteiger partial charge is 2.00 e. The number of phenolic OH excluding ortho intramolecular Hbond substituents is 2. The number of benzene rings is 3. The molecule has 0 saturated carbocycles. The Morgan fingerprint density at radius 2 is 0.978 bits per heavy atom. The zero-order valence-electron chi connectivity index (χ0n) is 27.5. The minimum atomic E-state index is -1.08. The van der Waals surface area contributed by atoms with Gasteiger partial charge in [0.15, 0.2) is 0 Å². The second-order valence-corrected chi connectivity index (χ2v) is 10.6. The number of hydrogen-bond acceptors (Lipinski definition) is 8. The summed E-state index contributed by atoms with van der Waals surface area (Å²) in [5.74, 6) is -0.696. The zero-order chi connectivity index (χ0) is 33.4. The van der Waals surface area contributed by atoms with E-state index in [1.807, 2.05) is 36.4 Å². The normalized spacial score (nSPS) is 11.9. The molecule has 2 N–H and O–H groups in total. The summed E-state index contributed by atoms with van der Waals surface area (Å²) >= 11 is 0. The van der Waals surface area contributed by atoms with Crippen LogP contribution in [0, 0.1) is 0 Å². The molecule has 3 aromatic carbocycles. The molecule has 0 aliphatic carbocycles. The molecule has 0 heterocycles. The van der Waals surface area contributed by atoms with Gasteiger partial charge in [-0.05, 0) is 110 Å². The van der Waals surface area contributed by atoms with Gasteiger partial charge in [0, 0.05) is 35.5 Å². The van der Waals surface area contributed by atoms with Gasteiger partial charge in [-0.15, -0.1) is 0 Å². The maximum Gasteiger partial charge on any atom is 2.00 e. The van der Waals surface area contributed by atoms with Crippen molar-refractivity contribution < 1.29 is 46.8 Å². The van der Waals surface area contributed by atoms with Crippen LogP contribution in [0.25, 0.3) is 0 Å². The second-order valence-electron chi connectivity index (χ2n) is 10.6. The van der Waals surface area contributed by atoms with Crippen molar-refractivity contribution in [1.82, 2.24) is 0 Å². The Morgan fingerprint density at radius 1 is 0.689 bits per heavy atom. The first-order chi connectivity index (χ1) is 20.8. The number of aryl methyl sites for hydroxylation is 2. The summed E-state index contributed by atoms with van der Waals surface area (Å²) in [6.07, 6.45) is 7.13. The van der Waals surface area contributed by atoms with Crippen molar-refractivity contribution in [3.63, 3.8) is 0 Å². The van der Waals surface area contributed by atoms with Gasteiger partial charge in [-0.1, -0.05) is 53.7 Å². The van der Waals surface area contributed by atoms with Crippen LogP contribution in [0.4, 0.5) is 11.4 Å². The summed E-state index contributed by atoms with van der Waals surface area (Å²) in [6.45, 7) is 14.8. The van der Waals surface area contributed by atoms with Gasteiger partial charge in [0.1, 0.15) is 11.5 Å². The predicted octanol–water partition coefficient (Wildman–Crippen LogP) is 6.26. The van der Waals surface area contributed by atoms with E-state index in [-0.39, 0.29) is 16.8 Å². The number of aliphatic imine (C=N–C) groups is 2. The Kier molecular flexibility index (Phi) is 19.1. The molecule has 2 atom stereocenters. The number of carboxylic acids is 2. The number of carbonyl (C=O) groups is 2. The van der Waals surface area contributed by atoms with Crippen LogP contribution >= 0.6 is 0 Å². The van der Waals surface area contributed by atoms with E-state index in [1.165, 1.54) is 11.1 Å². The smallest absolute Gasteiger partial charge is 0.550 e. The molecule has 245 valence electrons. The summed E-state index contributed by atoms with van der Waals surface area (Å²) in [5.41, 5.74) is 7.42. The Morgan fingerprint density at radius 3 is 1.22 bits per heavy atom. The molecular formula is C36H46CoN2O6. The van der Waals surface area contributed by atoms with Crippen molar-refractivity contribution in [3.8, 4) is 11.5 Å². The van der Waals surface area contributed by atoms with Gasteiger partial charge in [-0.3, -0.25) is 9.98 Å². The van der Waals surface area contributed by atoms with E-state index in [9.17, 15) is 10.2 Å². The van der Waals surface area contributed by atoms with E-state index >= 15 is 0 Å². The average Bonchev–Trinajstić information content (AvgIpc) is 2.99. The minimum Gasteiger partial charge on any atom is -0.550 e. The van der Waals surface area contributed by atoms with Crippen molar-refractivity contribution in [2.45, 2.75) is 92.9 Å². The molecule has 1 radical (unpaired) electrons. The maximum absolute atomic E-state index is 10.7. The molecule has 0 spiro atoms. The molecule has 9 heteroatoms. The van der Waals surface area contributed by atoms with Gasteiger partial charge in [-0.25, -0.2) is 0 Å². The van der Waals surface area contributed by atoms with Crippen molar-refractivity contribution in [2.24, 2.45) is 9.98 Å². The van der Waals surface area contributed by atoms with Gasteiger partial charge in [-0.2, -0.15) is 0 Å². The molecule has 0 aliphatic rings. The van der Waals surface area contributed by atoms with E-state index in [4.69, 9.17) is 19.8 Å². The third-order valence-electron chi connectivity index (χ3n) is 7.16. The second kappa shape index (κ2) is 20.9. The number of aromatic hydroxyl groups is 2. The van der Waals surface area contributed by atoms with Crippen LogP contribution in [0.1, 0.15) is 113 Å². The van der Waals surface area contributed by atoms with E-state index in [0.717, 1.165) is 73.2 Å². The van der Waals surface area contributed by atoms with Crippen LogP contribution in [0.5, 0.6) is 11.5 Å². The fraction of sp³-hybridized carbons (Fsp3) is 0.389. The molecule has 3 aromatic rings. The Hall–Kier alpha value is -3.95. The molecule has 0 aliphatic heterocycles. The molecule has 8 nitrogen and oxygen atoms in total. The fourth-order valence-electron chi connectivity index (χ4n) is 4.18. The standard InChI is InChI=1S/C32H40N2O2.2C2H4O2.Co/c1-7-21(5)25-15-23(9-3)31(35)27(17-25)19-33-29-11-13-30(14-12-29)34-20-28-18-26(22(6)8-2)16-24(10-4)32(28)36;2*1-2(3)4;/h11-22,35-36H,7-10H2,1-6H3;2*1H3,(H,3,4);/q;;;+2/p-2. The van der Waals surface area contributed by atoms with Crippen molar-refractivity contribution in [3.05, 3.63) is 81.9 Å². The quantitative estimate of drug-likeness (QED) is 0.245. The molecule has 0 aromatic heterocycles. The number of carbonyl (C=O) groups excluding carboxylic acids is 2. The number of aliphatic carboxylic acids is 2. The van der Waals surface area contributed by atoms with Crippen LogP contribution in [0.2, 0.25) is 0 Å². The summed E-state index contributed by atoms with van der Waals surface area (Å²) in [5, 5.41) is 39.1. The first-order valence-electron chi connectivity index (χ1n) is 15.0. The number of phenols is 2. The number of nitrogens with zero attached hydrogens (tertiary/aromatic N) is 2. The van der Waals surface area contributed by atoms with Crippen molar-refractivity contribution >= 4 is 35.7 Å². The van der Waals surface area contributed by atoms with Crippen LogP contribution in [-0.2, 0) is 39.2 Å². The van der Waals surface area contributed by atoms with Gasteiger partial charge in [0.2, 0.25) is 0 Å². The van der Waals surface area contributed by atoms with E-state index in [1.54, 1.807) is 12.4 Å². The third-order valence-corrected chi connectivity index (χ3v) is 7.16. The van der Waals surface area contributed by atoms with Gasteiger partial charge in [0.25, 0.3) is 0 Å². The van der Waals surface area contributed by atoms with E-state index in [0.29, 0.717) is 23.3 Å². The van der Waals surface area contributed by atoms with Gasteiger partial charge in [0.05, 0.1) is 11.4 Å². The van der Waals surface area contributed by atoms with Crippen LogP contribution in [0.3, 0.4) is 0 Å². The molecular weight excluding hydrogens is 615 g/mol. The molecule has 2 unspecified atom stereocenters. The monoisotopic (exact) mass is 661 g/mol. The van der Waals surface area contributed by atoms with Crippen molar-refractivity contribution in [1.29, 1.82) is 0 Å². The predicted molar refractivity (Wildman–Crippen MR) is 175 cm³/mol. The summed E-state index contributed by atoms with van der Waals surface area (Å²) < 4.78 is 0. The maximum atomic E-state index is 10.7. The Bertz CT molecular complexity index is 1320. The molecule has 0 saturated heterocycles. The molecule has 0 fully saturated rings. The third kappa shape index (κ3) is 14.1. The molecule has 3 rings (SSSR count). The fourth-order valence-corrected chi connectivity index (χ4v) is 4.18. The number of carboxylic acid groups (broad SMARTS) is 2. The first-order valence-corrected chi connectivity index (χ1v) is 15.0. The van der Waals surface area contributed by atoms with Gasteiger partial charge >= 0.3 is 16.8 Å². The van der Waals surface area contributed by atoms with Crippen LogP contribution in [0.15, 0.2) is 58.5 Å². The number of hydrogen-bond donors (Lipinski definition) is 2. The van der Waals surface area contributed by atoms with E-state index in [2.05, 4.69) is 63.7 Å². The van der Waals surface area contributed by atoms with E-state index < -0.39 is 11.9 Å². The zero-order valence-corrected chi connectivity index (χ0v) is 28.6. The van der Waals surface area contributed by atoms with Crippen LogP contribution in [-0.4, -0.2) is 34.6 Å². The number of rotatable bonds is 10. The summed E-state index contributed by atoms with van der Waals surface area (Å²) in [7, 11) is 0. The minimum absolute atomic E-state index is 0. The average molecular weight is 662 g/mol. The molecule has 0 amide bonds. The first kappa shape index (κ1) is 41.0. The Balaban J connectivity index is 0.00000192. The molecule has 45 heavy (non-hydrogen) atoms. The van der Waals surface area contributed by atoms with Gasteiger partial charge < -0.3 is 30.0 Å². The topological polar surface area (TPSA) is 145 Å². The summed E-state index contributed by atoms with van der Waals surface area (Å²) in [6, 6.07) is 15.9. The Labute approximate surface area is 278 Å².